The number of allylic oxidation sites excluding steroid dienone is 2. The van der Waals surface area contributed by atoms with Gasteiger partial charge in [-0.15, -0.1) is 23.8 Å². The first kappa shape index (κ1) is 35.3. The number of carbonyl (C=O) groups excluding carboxylic acids is 1. The van der Waals surface area contributed by atoms with Crippen molar-refractivity contribution in [3.8, 4) is 16.9 Å². The molecule has 0 bridgehead atoms. The van der Waals surface area contributed by atoms with Crippen molar-refractivity contribution >= 4 is 38.5 Å². The zero-order valence-corrected chi connectivity index (χ0v) is 31.2. The van der Waals surface area contributed by atoms with Crippen LogP contribution >= 0.6 is 0 Å². The fraction of sp³-hybridized carbons (Fsp3) is 0.302. The topological polar surface area (TPSA) is 55.1 Å². The summed E-state index contributed by atoms with van der Waals surface area (Å²) in [5, 5.41) is 13.5. The van der Waals surface area contributed by atoms with Crippen LogP contribution in [0, 0.1) is 17.9 Å². The Morgan fingerprint density at radius 1 is 0.812 bits per heavy atom. The molecular formula is C43H45IrN2O2-. The molecule has 6 aromatic rings. The van der Waals surface area contributed by atoms with E-state index >= 15 is 0 Å². The summed E-state index contributed by atoms with van der Waals surface area (Å²) in [5.74, 6) is 0.547. The zero-order chi connectivity index (χ0) is 33.3. The molecule has 1 aliphatic rings. The van der Waals surface area contributed by atoms with E-state index in [-0.39, 0.29) is 48.9 Å². The average molecular weight is 814 g/mol. The Balaban J connectivity index is 0.000000243. The number of ketones is 1. The van der Waals surface area contributed by atoms with Crippen molar-refractivity contribution in [3.63, 3.8) is 0 Å². The van der Waals surface area contributed by atoms with E-state index in [4.69, 9.17) is 4.98 Å². The number of aromatic nitrogens is 2. The van der Waals surface area contributed by atoms with Gasteiger partial charge in [0.25, 0.3) is 0 Å². The van der Waals surface area contributed by atoms with Gasteiger partial charge in [0.15, 0.2) is 5.78 Å². The summed E-state index contributed by atoms with van der Waals surface area (Å²) in [6.07, 6.45) is 4.91. The third-order valence-corrected chi connectivity index (χ3v) is 10.2. The third-order valence-electron chi connectivity index (χ3n) is 10.2. The minimum atomic E-state index is -0.200. The maximum Gasteiger partial charge on any atom is 0.162 e. The molecule has 7 rings (SSSR count). The van der Waals surface area contributed by atoms with E-state index in [1.165, 1.54) is 50.1 Å². The quantitative estimate of drug-likeness (QED) is 0.0946. The molecule has 1 aliphatic carbocycles. The molecular weight excluding hydrogens is 769 g/mol. The number of hydrogen-bond donors (Lipinski definition) is 1. The molecule has 0 spiro atoms. The summed E-state index contributed by atoms with van der Waals surface area (Å²) in [7, 11) is 0. The van der Waals surface area contributed by atoms with Crippen molar-refractivity contribution in [2.75, 3.05) is 0 Å². The molecule has 0 amide bonds. The molecule has 0 unspecified atom stereocenters. The third kappa shape index (κ3) is 6.15. The average Bonchev–Trinajstić information content (AvgIpc) is 3.40. The van der Waals surface area contributed by atoms with Gasteiger partial charge < -0.3 is 9.67 Å². The summed E-state index contributed by atoms with van der Waals surface area (Å²) in [6, 6.07) is 35.9. The van der Waals surface area contributed by atoms with Gasteiger partial charge in [-0.25, -0.2) is 0 Å². The van der Waals surface area contributed by atoms with Crippen LogP contribution in [0.1, 0.15) is 78.4 Å². The smallest absolute Gasteiger partial charge is 0.162 e. The molecule has 48 heavy (non-hydrogen) atoms. The van der Waals surface area contributed by atoms with Gasteiger partial charge in [0, 0.05) is 54.6 Å². The van der Waals surface area contributed by atoms with Crippen LogP contribution in [0.5, 0.6) is 0 Å². The number of carbonyl (C=O) groups is 1. The van der Waals surface area contributed by atoms with Crippen molar-refractivity contribution in [1.29, 1.82) is 0 Å². The molecule has 0 fully saturated rings. The number of aliphatic hydroxyl groups excluding tert-OH is 1. The number of rotatable bonds is 8. The van der Waals surface area contributed by atoms with Crippen molar-refractivity contribution < 1.29 is 30.0 Å². The van der Waals surface area contributed by atoms with Gasteiger partial charge in [-0.05, 0) is 77.5 Å². The molecule has 4 nitrogen and oxygen atoms in total. The van der Waals surface area contributed by atoms with Crippen LogP contribution < -0.4 is 0 Å². The normalized spacial score (nSPS) is 13.4. The number of fused-ring (bicyclic) bond motifs is 3. The van der Waals surface area contributed by atoms with E-state index in [0.29, 0.717) is 0 Å². The van der Waals surface area contributed by atoms with E-state index in [9.17, 15) is 9.90 Å². The molecule has 0 atom stereocenters. The predicted octanol–water partition coefficient (Wildman–Crippen LogP) is 11.3. The van der Waals surface area contributed by atoms with Crippen LogP contribution in [0.25, 0.3) is 49.7 Å². The van der Waals surface area contributed by atoms with Gasteiger partial charge in [-0.2, -0.15) is 0 Å². The molecule has 2 aromatic heterocycles. The van der Waals surface area contributed by atoms with E-state index in [0.717, 1.165) is 42.5 Å². The maximum absolute atomic E-state index is 11.7. The second-order valence-electron chi connectivity index (χ2n) is 13.2. The number of nitrogens with zero attached hydrogens (tertiary/aromatic N) is 2. The minimum Gasteiger partial charge on any atom is -0.512 e. The number of pyridine rings is 1. The van der Waals surface area contributed by atoms with Crippen molar-refractivity contribution in [2.24, 2.45) is 11.8 Å². The largest absolute Gasteiger partial charge is 0.512 e. The molecule has 1 N–H and O–H groups in total. The summed E-state index contributed by atoms with van der Waals surface area (Å²) in [4.78, 5) is 16.9. The number of aliphatic hydroxyl groups is 1. The SMILES string of the molecule is CC1(C)c2cc3ccccc3nc2-c2[c-]ccc3c2c2c1cccc2n3-c1ccccc1.CCC(CC)C(=O)/C=C(\O)C(CC)CC.[Ir]. The van der Waals surface area contributed by atoms with Crippen LogP contribution in [0.4, 0.5) is 0 Å². The fourth-order valence-corrected chi connectivity index (χ4v) is 7.32. The first-order chi connectivity index (χ1) is 22.7. The van der Waals surface area contributed by atoms with Crippen molar-refractivity contribution in [1.82, 2.24) is 9.55 Å². The Kier molecular flexibility index (Phi) is 10.7. The van der Waals surface area contributed by atoms with Gasteiger partial charge in [-0.3, -0.25) is 9.78 Å². The minimum absolute atomic E-state index is 0. The Labute approximate surface area is 298 Å². The van der Waals surface area contributed by atoms with Crippen LogP contribution in [0.3, 0.4) is 0 Å². The van der Waals surface area contributed by atoms with Crippen LogP contribution in [0.2, 0.25) is 0 Å². The summed E-state index contributed by atoms with van der Waals surface area (Å²) < 4.78 is 2.38. The van der Waals surface area contributed by atoms with Crippen LogP contribution in [0.15, 0.2) is 103 Å². The monoisotopic (exact) mass is 814 g/mol. The Hall–Kier alpha value is -4.05. The molecule has 1 radical (unpaired) electrons. The number of para-hydroxylation sites is 2. The molecule has 2 heterocycles. The van der Waals surface area contributed by atoms with Gasteiger partial charge in [0.1, 0.15) is 0 Å². The molecule has 4 aromatic carbocycles. The molecule has 249 valence electrons. The van der Waals surface area contributed by atoms with Crippen molar-refractivity contribution in [2.45, 2.75) is 72.6 Å². The number of benzene rings is 4. The zero-order valence-electron chi connectivity index (χ0n) is 28.8. The Morgan fingerprint density at radius 3 is 2.15 bits per heavy atom. The second kappa shape index (κ2) is 14.6. The fourth-order valence-electron chi connectivity index (χ4n) is 7.32. The number of hydrogen-bond acceptors (Lipinski definition) is 3. The van der Waals surface area contributed by atoms with E-state index in [1.54, 1.807) is 0 Å². The van der Waals surface area contributed by atoms with E-state index < -0.39 is 0 Å². The van der Waals surface area contributed by atoms with E-state index in [2.05, 4.69) is 115 Å². The standard InChI is InChI=1S/C30H21N2.C13H24O2.Ir/c1-30(2)22-14-9-17-26-28(22)27-21(29-23(30)18-19-10-6-7-15-24(19)31-29)13-8-16-25(27)32(26)20-11-4-3-5-12-20;1-5-10(6-2)12(14)9-13(15)11(7-3)8-4;/h3-12,14-18H,1-2H3;9-11,14H,5-8H2,1-4H3;/q-1;;/b;12-9-;. The van der Waals surface area contributed by atoms with Gasteiger partial charge >= 0.3 is 0 Å². The second-order valence-corrected chi connectivity index (χ2v) is 13.2. The van der Waals surface area contributed by atoms with Gasteiger partial charge in [0.2, 0.25) is 0 Å². The first-order valence-electron chi connectivity index (χ1n) is 17.1. The Bertz CT molecular complexity index is 2100. The van der Waals surface area contributed by atoms with E-state index in [1.807, 2.05) is 27.7 Å². The maximum atomic E-state index is 11.7. The summed E-state index contributed by atoms with van der Waals surface area (Å²) in [6.45, 7) is 12.7. The van der Waals surface area contributed by atoms with Gasteiger partial charge in [0.05, 0.1) is 11.3 Å². The van der Waals surface area contributed by atoms with Crippen molar-refractivity contribution in [3.05, 3.63) is 120 Å². The van der Waals surface area contributed by atoms with Gasteiger partial charge in [-0.1, -0.05) is 107 Å². The first-order valence-corrected chi connectivity index (χ1v) is 17.1. The predicted molar refractivity (Wildman–Crippen MR) is 196 cm³/mol. The van der Waals surface area contributed by atoms with Crippen LogP contribution in [-0.4, -0.2) is 20.4 Å². The summed E-state index contributed by atoms with van der Waals surface area (Å²) in [5.41, 5.74) is 9.17. The molecule has 0 aliphatic heterocycles. The molecule has 0 saturated carbocycles. The Morgan fingerprint density at radius 2 is 1.46 bits per heavy atom. The molecule has 5 heteroatoms. The molecule has 0 saturated heterocycles. The van der Waals surface area contributed by atoms with Crippen LogP contribution in [-0.2, 0) is 30.3 Å². The summed E-state index contributed by atoms with van der Waals surface area (Å²) >= 11 is 0.